The van der Waals surface area contributed by atoms with Gasteiger partial charge in [-0.05, 0) is 55.8 Å². The smallest absolute Gasteiger partial charge is 0.145 e. The molecule has 5 aromatic rings. The fourth-order valence-electron chi connectivity index (χ4n) is 4.20. The van der Waals surface area contributed by atoms with Crippen LogP contribution in [0.2, 0.25) is 0 Å². The Bertz CT molecular complexity index is 1510. The van der Waals surface area contributed by atoms with E-state index in [-0.39, 0.29) is 11.8 Å². The molecule has 0 spiro atoms. The molecule has 160 valence electrons. The zero-order chi connectivity index (χ0) is 22.9. The highest BCUT2D eigenvalue weighted by Crippen LogP contribution is 2.37. The minimum Gasteiger partial charge on any atom is -0.507 e. The van der Waals surface area contributed by atoms with E-state index in [0.29, 0.717) is 11.1 Å². The van der Waals surface area contributed by atoms with Gasteiger partial charge in [0.05, 0.1) is 27.9 Å². The Morgan fingerprint density at radius 3 is 2.36 bits per heavy atom. The van der Waals surface area contributed by atoms with Crippen molar-refractivity contribution in [1.29, 1.82) is 5.26 Å². The van der Waals surface area contributed by atoms with Crippen LogP contribution in [0, 0.1) is 11.3 Å². The number of aromatic nitrogens is 3. The molecule has 2 heterocycles. The first-order valence-corrected chi connectivity index (χ1v) is 10.8. The van der Waals surface area contributed by atoms with E-state index in [1.807, 2.05) is 42.5 Å². The highest BCUT2D eigenvalue weighted by atomic mass is 16.3. The molecule has 0 radical (unpaired) electrons. The maximum atomic E-state index is 10.5. The van der Waals surface area contributed by atoms with Crippen LogP contribution in [0.1, 0.15) is 25.5 Å². The monoisotopic (exact) mass is 430 g/mol. The predicted molar refractivity (Wildman–Crippen MR) is 131 cm³/mol. The maximum absolute atomic E-state index is 10.5. The summed E-state index contributed by atoms with van der Waals surface area (Å²) in [6.45, 7) is 4.24. The van der Waals surface area contributed by atoms with Crippen molar-refractivity contribution in [2.75, 3.05) is 0 Å². The number of phenols is 1. The van der Waals surface area contributed by atoms with Crippen molar-refractivity contribution in [2.45, 2.75) is 19.9 Å². The number of para-hydroxylation sites is 2. The van der Waals surface area contributed by atoms with Gasteiger partial charge in [-0.15, -0.1) is 0 Å². The summed E-state index contributed by atoms with van der Waals surface area (Å²) in [4.78, 5) is 9.46. The van der Waals surface area contributed by atoms with E-state index in [2.05, 4.69) is 53.7 Å². The van der Waals surface area contributed by atoms with Gasteiger partial charge in [0.15, 0.2) is 0 Å². The largest absolute Gasteiger partial charge is 0.507 e. The molecule has 1 N–H and O–H groups in total. The lowest BCUT2D eigenvalue weighted by molar-refractivity contribution is 0.476. The van der Waals surface area contributed by atoms with Crippen molar-refractivity contribution in [1.82, 2.24) is 14.5 Å². The van der Waals surface area contributed by atoms with E-state index in [0.717, 1.165) is 39.2 Å². The third-order valence-corrected chi connectivity index (χ3v) is 5.74. The number of rotatable bonds is 4. The molecule has 3 aromatic carbocycles. The summed E-state index contributed by atoms with van der Waals surface area (Å²) in [6, 6.07) is 27.6. The van der Waals surface area contributed by atoms with Crippen molar-refractivity contribution >= 4 is 11.0 Å². The maximum Gasteiger partial charge on any atom is 0.145 e. The van der Waals surface area contributed by atoms with Crippen LogP contribution in [-0.4, -0.2) is 19.6 Å². The number of aromatic hydroxyl groups is 1. The van der Waals surface area contributed by atoms with Gasteiger partial charge < -0.3 is 9.67 Å². The summed E-state index contributed by atoms with van der Waals surface area (Å²) >= 11 is 0. The Kier molecular flexibility index (Phi) is 5.12. The van der Waals surface area contributed by atoms with Crippen LogP contribution >= 0.6 is 0 Å². The fraction of sp³-hybridized carbons (Fsp3) is 0.107. The van der Waals surface area contributed by atoms with Crippen LogP contribution in [0.15, 0.2) is 85.1 Å². The average Bonchev–Trinajstić information content (AvgIpc) is 3.24. The molecule has 0 saturated carbocycles. The van der Waals surface area contributed by atoms with Crippen LogP contribution < -0.4 is 0 Å². The second-order valence-electron chi connectivity index (χ2n) is 8.21. The predicted octanol–water partition coefficient (Wildman–Crippen LogP) is 6.59. The van der Waals surface area contributed by atoms with Gasteiger partial charge in [-0.3, -0.25) is 4.98 Å². The Labute approximate surface area is 192 Å². The van der Waals surface area contributed by atoms with Gasteiger partial charge in [0, 0.05) is 23.4 Å². The van der Waals surface area contributed by atoms with Gasteiger partial charge >= 0.3 is 0 Å². The summed E-state index contributed by atoms with van der Waals surface area (Å²) in [5.41, 5.74) is 6.97. The number of nitrogens with zero attached hydrogens (tertiary/aromatic N) is 4. The van der Waals surface area contributed by atoms with E-state index in [1.54, 1.807) is 18.3 Å². The quantitative estimate of drug-likeness (QED) is 0.349. The van der Waals surface area contributed by atoms with Crippen LogP contribution in [0.4, 0.5) is 0 Å². The first-order valence-electron chi connectivity index (χ1n) is 10.8. The summed E-state index contributed by atoms with van der Waals surface area (Å²) in [5.74, 6) is 0.959. The molecule has 0 atom stereocenters. The number of hydrogen-bond donors (Lipinski definition) is 1. The zero-order valence-corrected chi connectivity index (χ0v) is 18.4. The standard InChI is InChI=1S/C28H22N4O/c1-18(2)32-25-11-6-10-22(27(25)31-28(32)23-9-3-4-12-26(23)33)20-7-5-8-21(15-20)24-14-13-19(16-29)17-30-24/h3-15,17-18,33H,1-2H3. The SMILES string of the molecule is CC(C)n1c(-c2ccccc2O)nc2c(-c3cccc(-c4ccc(C#N)cn4)c3)cccc21. The van der Waals surface area contributed by atoms with Gasteiger partial charge in [0.2, 0.25) is 0 Å². The fourth-order valence-corrected chi connectivity index (χ4v) is 4.20. The number of fused-ring (bicyclic) bond motifs is 1. The summed E-state index contributed by atoms with van der Waals surface area (Å²) < 4.78 is 2.17. The van der Waals surface area contributed by atoms with E-state index in [4.69, 9.17) is 10.2 Å². The lowest BCUT2D eigenvalue weighted by atomic mass is 10.00. The topological polar surface area (TPSA) is 74.7 Å². The average molecular weight is 431 g/mol. The van der Waals surface area contributed by atoms with Crippen molar-refractivity contribution in [3.05, 3.63) is 90.6 Å². The molecule has 0 amide bonds. The highest BCUT2D eigenvalue weighted by Gasteiger charge is 2.19. The number of nitriles is 1. The molecule has 0 fully saturated rings. The Morgan fingerprint density at radius 1 is 0.879 bits per heavy atom. The number of hydrogen-bond acceptors (Lipinski definition) is 4. The number of benzene rings is 3. The zero-order valence-electron chi connectivity index (χ0n) is 18.4. The summed E-state index contributed by atoms with van der Waals surface area (Å²) in [7, 11) is 0. The van der Waals surface area contributed by atoms with Crippen molar-refractivity contribution in [3.8, 4) is 45.6 Å². The molecule has 0 aliphatic rings. The summed E-state index contributed by atoms with van der Waals surface area (Å²) in [5, 5.41) is 19.5. The van der Waals surface area contributed by atoms with Crippen LogP contribution in [0.5, 0.6) is 5.75 Å². The van der Waals surface area contributed by atoms with Crippen molar-refractivity contribution in [3.63, 3.8) is 0 Å². The number of phenolic OH excluding ortho intramolecular Hbond substituents is 1. The normalized spacial score (nSPS) is 11.1. The Balaban J connectivity index is 1.69. The van der Waals surface area contributed by atoms with Crippen molar-refractivity contribution in [2.24, 2.45) is 0 Å². The first kappa shape index (κ1) is 20.5. The molecule has 0 saturated heterocycles. The molecule has 0 aliphatic heterocycles. The number of imidazole rings is 1. The summed E-state index contributed by atoms with van der Waals surface area (Å²) in [6.07, 6.45) is 1.59. The van der Waals surface area contributed by atoms with Gasteiger partial charge in [0.25, 0.3) is 0 Å². The first-order chi connectivity index (χ1) is 16.1. The molecular formula is C28H22N4O. The van der Waals surface area contributed by atoms with Crippen LogP contribution in [0.25, 0.3) is 44.8 Å². The van der Waals surface area contributed by atoms with Crippen molar-refractivity contribution < 1.29 is 5.11 Å². The molecule has 33 heavy (non-hydrogen) atoms. The van der Waals surface area contributed by atoms with Gasteiger partial charge in [-0.2, -0.15) is 5.26 Å². The van der Waals surface area contributed by atoms with Gasteiger partial charge in [0.1, 0.15) is 17.6 Å². The van der Waals surface area contributed by atoms with Crippen LogP contribution in [0.3, 0.4) is 0 Å². The third kappa shape index (κ3) is 3.62. The lowest BCUT2D eigenvalue weighted by Gasteiger charge is -2.14. The van der Waals surface area contributed by atoms with E-state index >= 15 is 0 Å². The van der Waals surface area contributed by atoms with E-state index < -0.39 is 0 Å². The minimum absolute atomic E-state index is 0.161. The minimum atomic E-state index is 0.161. The van der Waals surface area contributed by atoms with Crippen LogP contribution in [-0.2, 0) is 0 Å². The van der Waals surface area contributed by atoms with Gasteiger partial charge in [-0.1, -0.05) is 42.5 Å². The van der Waals surface area contributed by atoms with Gasteiger partial charge in [-0.25, -0.2) is 4.98 Å². The Morgan fingerprint density at radius 2 is 1.64 bits per heavy atom. The molecule has 5 rings (SSSR count). The molecule has 0 unspecified atom stereocenters. The highest BCUT2D eigenvalue weighted by molar-refractivity contribution is 5.95. The molecule has 2 aromatic heterocycles. The molecule has 5 heteroatoms. The lowest BCUT2D eigenvalue weighted by Crippen LogP contribution is -2.03. The molecule has 5 nitrogen and oxygen atoms in total. The molecule has 0 bridgehead atoms. The molecular weight excluding hydrogens is 408 g/mol. The third-order valence-electron chi connectivity index (χ3n) is 5.74. The second-order valence-corrected chi connectivity index (χ2v) is 8.21. The van der Waals surface area contributed by atoms with E-state index in [1.165, 1.54) is 0 Å². The van der Waals surface area contributed by atoms with E-state index in [9.17, 15) is 5.11 Å². The Hall–Kier alpha value is -4.43. The molecule has 0 aliphatic carbocycles. The number of pyridine rings is 1. The second kappa shape index (κ2) is 8.25.